The molecular formula is C28H26N4O5. The molecule has 4 aromatic rings. The maximum Gasteiger partial charge on any atom is 0.257 e. The van der Waals surface area contributed by atoms with Gasteiger partial charge < -0.3 is 24.7 Å². The zero-order valence-corrected chi connectivity index (χ0v) is 20.3. The van der Waals surface area contributed by atoms with Crippen LogP contribution in [0.4, 0.5) is 0 Å². The Hall–Kier alpha value is -4.66. The van der Waals surface area contributed by atoms with E-state index in [4.69, 9.17) is 9.47 Å². The lowest BCUT2D eigenvalue weighted by molar-refractivity contribution is -0.123. The lowest BCUT2D eigenvalue weighted by Gasteiger charge is -2.19. The molecule has 0 fully saturated rings. The Balaban J connectivity index is 1.44. The van der Waals surface area contributed by atoms with Gasteiger partial charge in [0.1, 0.15) is 11.6 Å². The first-order valence-corrected chi connectivity index (χ1v) is 12.0. The SMILES string of the molecule is CCn1cc(C(=O)NC(Cc2ccccc2)C(=O)NCc2ccccn2)c(=O)c2cc3c(cc21)OCO3. The molecule has 9 nitrogen and oxygen atoms in total. The highest BCUT2D eigenvalue weighted by Gasteiger charge is 2.25. The number of ether oxygens (including phenoxy) is 2. The Kier molecular flexibility index (Phi) is 6.85. The number of pyridine rings is 2. The van der Waals surface area contributed by atoms with E-state index in [1.165, 1.54) is 6.20 Å². The molecule has 37 heavy (non-hydrogen) atoms. The summed E-state index contributed by atoms with van der Waals surface area (Å²) in [4.78, 5) is 44.2. The minimum atomic E-state index is -0.902. The van der Waals surface area contributed by atoms with E-state index in [2.05, 4.69) is 15.6 Å². The van der Waals surface area contributed by atoms with Crippen molar-refractivity contribution >= 4 is 22.7 Å². The molecule has 1 aliphatic heterocycles. The smallest absolute Gasteiger partial charge is 0.257 e. The van der Waals surface area contributed by atoms with Crippen LogP contribution in [0.3, 0.4) is 0 Å². The lowest BCUT2D eigenvalue weighted by atomic mass is 10.0. The summed E-state index contributed by atoms with van der Waals surface area (Å²) < 4.78 is 12.7. The van der Waals surface area contributed by atoms with Gasteiger partial charge in [-0.25, -0.2) is 0 Å². The molecule has 0 spiro atoms. The molecule has 2 aromatic heterocycles. The second-order valence-electron chi connectivity index (χ2n) is 8.64. The van der Waals surface area contributed by atoms with Crippen molar-refractivity contribution in [1.82, 2.24) is 20.2 Å². The van der Waals surface area contributed by atoms with E-state index in [1.54, 1.807) is 35.0 Å². The molecular weight excluding hydrogens is 472 g/mol. The molecule has 2 aromatic carbocycles. The standard InChI is InChI=1S/C28H26N4O5/c1-2-32-16-21(26(33)20-13-24-25(14-23(20)32)37-17-36-24)27(34)31-22(12-18-8-4-3-5-9-18)28(35)30-15-19-10-6-7-11-29-19/h3-11,13-14,16,22H,2,12,15,17H2,1H3,(H,30,35)(H,31,34). The van der Waals surface area contributed by atoms with Crippen molar-refractivity contribution in [3.05, 3.63) is 100 Å². The van der Waals surface area contributed by atoms with E-state index in [9.17, 15) is 14.4 Å². The fourth-order valence-corrected chi connectivity index (χ4v) is 4.30. The number of hydrogen-bond donors (Lipinski definition) is 2. The molecule has 0 saturated carbocycles. The first kappa shape index (κ1) is 24.1. The van der Waals surface area contributed by atoms with E-state index < -0.39 is 17.4 Å². The molecule has 0 saturated heterocycles. The number of hydrogen-bond acceptors (Lipinski definition) is 6. The highest BCUT2D eigenvalue weighted by molar-refractivity contribution is 6.00. The molecule has 0 bridgehead atoms. The summed E-state index contributed by atoms with van der Waals surface area (Å²) in [5, 5.41) is 5.97. The number of benzene rings is 2. The minimum Gasteiger partial charge on any atom is -0.454 e. The van der Waals surface area contributed by atoms with Crippen LogP contribution in [0.1, 0.15) is 28.5 Å². The summed E-state index contributed by atoms with van der Waals surface area (Å²) in [7, 11) is 0. The third-order valence-electron chi connectivity index (χ3n) is 6.23. The number of rotatable bonds is 8. The van der Waals surface area contributed by atoms with Crippen molar-refractivity contribution < 1.29 is 19.1 Å². The van der Waals surface area contributed by atoms with Gasteiger partial charge in [0, 0.05) is 31.4 Å². The first-order valence-electron chi connectivity index (χ1n) is 12.0. The normalized spacial score (nSPS) is 12.8. The van der Waals surface area contributed by atoms with E-state index >= 15 is 0 Å². The number of nitrogens with one attached hydrogen (secondary N) is 2. The molecule has 3 heterocycles. The van der Waals surface area contributed by atoms with Gasteiger partial charge in [0.15, 0.2) is 11.5 Å². The summed E-state index contributed by atoms with van der Waals surface area (Å²) in [6.07, 6.45) is 3.43. The van der Waals surface area contributed by atoms with Crippen LogP contribution in [-0.2, 0) is 24.3 Å². The summed E-state index contributed by atoms with van der Waals surface area (Å²) in [6, 6.07) is 17.3. The summed E-state index contributed by atoms with van der Waals surface area (Å²) >= 11 is 0. The molecule has 188 valence electrons. The predicted molar refractivity (Wildman–Crippen MR) is 137 cm³/mol. The Morgan fingerprint density at radius 3 is 2.54 bits per heavy atom. The zero-order valence-electron chi connectivity index (χ0n) is 20.3. The van der Waals surface area contributed by atoms with Crippen LogP contribution in [-0.4, -0.2) is 34.2 Å². The third kappa shape index (κ3) is 5.16. The second-order valence-corrected chi connectivity index (χ2v) is 8.64. The molecule has 9 heteroatoms. The average Bonchev–Trinajstić information content (AvgIpc) is 3.39. The lowest BCUT2D eigenvalue weighted by Crippen LogP contribution is -2.48. The summed E-state index contributed by atoms with van der Waals surface area (Å²) in [6.45, 7) is 2.73. The monoisotopic (exact) mass is 498 g/mol. The van der Waals surface area contributed by atoms with E-state index in [0.717, 1.165) is 5.56 Å². The fourth-order valence-electron chi connectivity index (χ4n) is 4.30. The number of aromatic nitrogens is 2. The van der Waals surface area contributed by atoms with Gasteiger partial charge in [0.05, 0.1) is 23.1 Å². The highest BCUT2D eigenvalue weighted by atomic mass is 16.7. The van der Waals surface area contributed by atoms with E-state index in [0.29, 0.717) is 34.6 Å². The largest absolute Gasteiger partial charge is 0.454 e. The van der Waals surface area contributed by atoms with Crippen molar-refractivity contribution in [1.29, 1.82) is 0 Å². The van der Waals surface area contributed by atoms with Gasteiger partial charge in [0.25, 0.3) is 5.91 Å². The first-order chi connectivity index (χ1) is 18.0. The van der Waals surface area contributed by atoms with Gasteiger partial charge in [-0.3, -0.25) is 19.4 Å². The van der Waals surface area contributed by atoms with Crippen molar-refractivity contribution in [2.24, 2.45) is 0 Å². The summed E-state index contributed by atoms with van der Waals surface area (Å²) in [5.41, 5.74) is 1.71. The average molecular weight is 499 g/mol. The third-order valence-corrected chi connectivity index (χ3v) is 6.23. The molecule has 0 aliphatic carbocycles. The van der Waals surface area contributed by atoms with Crippen LogP contribution < -0.4 is 25.5 Å². The second kappa shape index (κ2) is 10.5. The Morgan fingerprint density at radius 2 is 1.81 bits per heavy atom. The van der Waals surface area contributed by atoms with Gasteiger partial charge in [-0.15, -0.1) is 0 Å². The van der Waals surface area contributed by atoms with E-state index in [-0.39, 0.29) is 31.2 Å². The van der Waals surface area contributed by atoms with Gasteiger partial charge in [-0.05, 0) is 30.7 Å². The number of nitrogens with zero attached hydrogens (tertiary/aromatic N) is 2. The Bertz CT molecular complexity index is 1500. The Morgan fingerprint density at radius 1 is 1.05 bits per heavy atom. The molecule has 5 rings (SSSR count). The van der Waals surface area contributed by atoms with Crippen LogP contribution in [0, 0.1) is 0 Å². The highest BCUT2D eigenvalue weighted by Crippen LogP contribution is 2.35. The van der Waals surface area contributed by atoms with Gasteiger partial charge >= 0.3 is 0 Å². The van der Waals surface area contributed by atoms with Crippen LogP contribution in [0.15, 0.2) is 77.9 Å². The van der Waals surface area contributed by atoms with E-state index in [1.807, 2.05) is 43.3 Å². The van der Waals surface area contributed by atoms with Gasteiger partial charge in [0.2, 0.25) is 18.1 Å². The fraction of sp³-hybridized carbons (Fsp3) is 0.214. The minimum absolute atomic E-state index is 0.0520. The van der Waals surface area contributed by atoms with Gasteiger partial charge in [-0.2, -0.15) is 0 Å². The van der Waals surface area contributed by atoms with Crippen LogP contribution in [0.2, 0.25) is 0 Å². The summed E-state index contributed by atoms with van der Waals surface area (Å²) in [5.74, 6) is 0.0167. The topological polar surface area (TPSA) is 112 Å². The number of fused-ring (bicyclic) bond motifs is 2. The van der Waals surface area contributed by atoms with Crippen molar-refractivity contribution in [2.75, 3.05) is 6.79 Å². The zero-order chi connectivity index (χ0) is 25.8. The van der Waals surface area contributed by atoms with Crippen LogP contribution in [0.25, 0.3) is 10.9 Å². The molecule has 1 atom stereocenters. The van der Waals surface area contributed by atoms with Crippen molar-refractivity contribution in [3.63, 3.8) is 0 Å². The molecule has 2 N–H and O–H groups in total. The number of carbonyl (C=O) groups excluding carboxylic acids is 2. The van der Waals surface area contributed by atoms with Crippen molar-refractivity contribution in [3.8, 4) is 11.5 Å². The van der Waals surface area contributed by atoms with Gasteiger partial charge in [-0.1, -0.05) is 36.4 Å². The maximum absolute atomic E-state index is 13.4. The number of carbonyl (C=O) groups is 2. The Labute approximate surface area is 213 Å². The molecule has 1 unspecified atom stereocenters. The van der Waals surface area contributed by atoms with Crippen molar-refractivity contribution in [2.45, 2.75) is 32.5 Å². The molecule has 0 radical (unpaired) electrons. The molecule has 2 amide bonds. The predicted octanol–water partition coefficient (Wildman–Crippen LogP) is 2.80. The number of aryl methyl sites for hydroxylation is 1. The number of amides is 2. The van der Waals surface area contributed by atoms with Crippen LogP contribution in [0.5, 0.6) is 11.5 Å². The van der Waals surface area contributed by atoms with Crippen LogP contribution >= 0.6 is 0 Å². The maximum atomic E-state index is 13.4. The molecule has 1 aliphatic rings. The quantitative estimate of drug-likeness (QED) is 0.387.